The number of halogens is 1. The molecule has 0 aliphatic rings. The Balaban J connectivity index is 2.61. The number of aryl methyl sites for hydroxylation is 1. The first kappa shape index (κ1) is 12.7. The Kier molecular flexibility index (Phi) is 5.32. The van der Waals surface area contributed by atoms with Gasteiger partial charge in [-0.3, -0.25) is 4.68 Å². The molecule has 0 aromatic carbocycles. The van der Waals surface area contributed by atoms with Gasteiger partial charge in [-0.15, -0.1) is 0 Å². The van der Waals surface area contributed by atoms with Crippen LogP contribution < -0.4 is 5.32 Å². The molecule has 1 N–H and O–H groups in total. The first-order valence-corrected chi connectivity index (χ1v) is 6.35. The van der Waals surface area contributed by atoms with Crippen LogP contribution >= 0.6 is 15.9 Å². The van der Waals surface area contributed by atoms with E-state index in [0.29, 0.717) is 6.04 Å². The largest absolute Gasteiger partial charge is 0.317 e. The van der Waals surface area contributed by atoms with Gasteiger partial charge in [0.05, 0.1) is 16.4 Å². The summed E-state index contributed by atoms with van der Waals surface area (Å²) in [5, 5.41) is 7.61. The van der Waals surface area contributed by atoms with Crippen molar-refractivity contribution in [3.8, 4) is 0 Å². The van der Waals surface area contributed by atoms with Crippen LogP contribution in [0.5, 0.6) is 0 Å². The fourth-order valence-corrected chi connectivity index (χ4v) is 2.03. The SMILES string of the molecule is CCCn1ncc(Br)c1CCC(C)NC. The van der Waals surface area contributed by atoms with Crippen molar-refractivity contribution in [1.82, 2.24) is 15.1 Å². The number of nitrogens with one attached hydrogen (secondary N) is 1. The third kappa shape index (κ3) is 3.61. The highest BCUT2D eigenvalue weighted by atomic mass is 79.9. The molecule has 0 bridgehead atoms. The Labute approximate surface area is 100 Å². The minimum Gasteiger partial charge on any atom is -0.317 e. The summed E-state index contributed by atoms with van der Waals surface area (Å²) in [7, 11) is 2.00. The normalized spacial score (nSPS) is 13.1. The quantitative estimate of drug-likeness (QED) is 0.864. The second-order valence-electron chi connectivity index (χ2n) is 3.89. The fourth-order valence-electron chi connectivity index (χ4n) is 1.54. The van der Waals surface area contributed by atoms with E-state index in [1.54, 1.807) is 0 Å². The highest BCUT2D eigenvalue weighted by Gasteiger charge is 2.09. The van der Waals surface area contributed by atoms with Crippen LogP contribution in [0.2, 0.25) is 0 Å². The van der Waals surface area contributed by atoms with Crippen molar-refractivity contribution in [2.45, 2.75) is 45.7 Å². The van der Waals surface area contributed by atoms with Crippen LogP contribution in [-0.2, 0) is 13.0 Å². The Bertz CT molecular complexity index is 296. The van der Waals surface area contributed by atoms with Crippen LogP contribution in [-0.4, -0.2) is 22.9 Å². The summed E-state index contributed by atoms with van der Waals surface area (Å²) in [5.41, 5.74) is 1.32. The van der Waals surface area contributed by atoms with Crippen molar-refractivity contribution in [2.75, 3.05) is 7.05 Å². The Morgan fingerprint density at radius 2 is 2.33 bits per heavy atom. The summed E-state index contributed by atoms with van der Waals surface area (Å²) < 4.78 is 3.24. The smallest absolute Gasteiger partial charge is 0.0635 e. The summed E-state index contributed by atoms with van der Waals surface area (Å²) in [6.07, 6.45) is 5.24. The summed E-state index contributed by atoms with van der Waals surface area (Å²) in [5.74, 6) is 0. The van der Waals surface area contributed by atoms with Crippen LogP contribution in [0, 0.1) is 0 Å². The van der Waals surface area contributed by atoms with Crippen molar-refractivity contribution in [2.24, 2.45) is 0 Å². The van der Waals surface area contributed by atoms with Crippen LogP contribution in [0.15, 0.2) is 10.7 Å². The van der Waals surface area contributed by atoms with Gasteiger partial charge in [-0.2, -0.15) is 5.10 Å². The van der Waals surface area contributed by atoms with Gasteiger partial charge >= 0.3 is 0 Å². The minimum atomic E-state index is 0.557. The molecule has 1 aromatic rings. The maximum absolute atomic E-state index is 4.36. The van der Waals surface area contributed by atoms with Gasteiger partial charge in [-0.25, -0.2) is 0 Å². The molecule has 1 atom stereocenters. The topological polar surface area (TPSA) is 29.9 Å². The first-order chi connectivity index (χ1) is 7.19. The Morgan fingerprint density at radius 1 is 1.60 bits per heavy atom. The molecule has 1 rings (SSSR count). The number of rotatable bonds is 6. The van der Waals surface area contributed by atoms with Crippen molar-refractivity contribution >= 4 is 15.9 Å². The molecule has 1 aromatic heterocycles. The molecule has 0 fully saturated rings. The maximum Gasteiger partial charge on any atom is 0.0635 e. The molecule has 0 amide bonds. The second kappa shape index (κ2) is 6.28. The molecule has 0 saturated heterocycles. The van der Waals surface area contributed by atoms with Crippen LogP contribution in [0.25, 0.3) is 0 Å². The van der Waals surface area contributed by atoms with E-state index in [1.165, 1.54) is 5.69 Å². The number of hydrogen-bond donors (Lipinski definition) is 1. The summed E-state index contributed by atoms with van der Waals surface area (Å²) in [4.78, 5) is 0. The predicted octanol–water partition coefficient (Wildman–Crippen LogP) is 2.60. The molecular weight excluding hydrogens is 254 g/mol. The highest BCUT2D eigenvalue weighted by molar-refractivity contribution is 9.10. The third-order valence-corrected chi connectivity index (χ3v) is 3.30. The van der Waals surface area contributed by atoms with Gasteiger partial charge in [0.25, 0.3) is 0 Å². The molecule has 15 heavy (non-hydrogen) atoms. The standard InChI is InChI=1S/C11H20BrN3/c1-4-7-15-11(10(12)8-14-15)6-5-9(2)13-3/h8-9,13H,4-7H2,1-3H3. The van der Waals surface area contributed by atoms with Gasteiger partial charge in [0.1, 0.15) is 0 Å². The molecule has 1 heterocycles. The fraction of sp³-hybridized carbons (Fsp3) is 0.727. The zero-order valence-corrected chi connectivity index (χ0v) is 11.3. The summed E-state index contributed by atoms with van der Waals surface area (Å²) >= 11 is 3.56. The molecule has 0 radical (unpaired) electrons. The van der Waals surface area contributed by atoms with Crippen molar-refractivity contribution in [3.05, 3.63) is 16.4 Å². The van der Waals surface area contributed by atoms with E-state index in [9.17, 15) is 0 Å². The lowest BCUT2D eigenvalue weighted by atomic mass is 10.1. The summed E-state index contributed by atoms with van der Waals surface area (Å²) in [6, 6.07) is 0.557. The van der Waals surface area contributed by atoms with Gasteiger partial charge in [0, 0.05) is 12.6 Å². The molecule has 0 aliphatic carbocycles. The van der Waals surface area contributed by atoms with Gasteiger partial charge in [0.15, 0.2) is 0 Å². The molecular formula is C11H20BrN3. The van der Waals surface area contributed by atoms with E-state index in [0.717, 1.165) is 30.3 Å². The van der Waals surface area contributed by atoms with E-state index in [2.05, 4.69) is 44.9 Å². The highest BCUT2D eigenvalue weighted by Crippen LogP contribution is 2.18. The lowest BCUT2D eigenvalue weighted by Gasteiger charge is -2.11. The number of hydrogen-bond acceptors (Lipinski definition) is 2. The van der Waals surface area contributed by atoms with Crippen LogP contribution in [0.3, 0.4) is 0 Å². The predicted molar refractivity (Wildman–Crippen MR) is 67.1 cm³/mol. The van der Waals surface area contributed by atoms with Gasteiger partial charge in [0.2, 0.25) is 0 Å². The minimum absolute atomic E-state index is 0.557. The number of nitrogens with zero attached hydrogens (tertiary/aromatic N) is 2. The maximum atomic E-state index is 4.36. The van der Waals surface area contributed by atoms with E-state index in [4.69, 9.17) is 0 Å². The molecule has 4 heteroatoms. The Hall–Kier alpha value is -0.350. The van der Waals surface area contributed by atoms with Crippen molar-refractivity contribution in [1.29, 1.82) is 0 Å². The third-order valence-electron chi connectivity index (χ3n) is 2.64. The molecule has 0 saturated carbocycles. The summed E-state index contributed by atoms with van der Waals surface area (Å²) in [6.45, 7) is 5.39. The Morgan fingerprint density at radius 3 is 2.93 bits per heavy atom. The van der Waals surface area contributed by atoms with E-state index in [1.807, 2.05) is 13.2 Å². The lowest BCUT2D eigenvalue weighted by molar-refractivity contribution is 0.525. The van der Waals surface area contributed by atoms with Crippen LogP contribution in [0.4, 0.5) is 0 Å². The second-order valence-corrected chi connectivity index (χ2v) is 4.75. The molecule has 0 aliphatic heterocycles. The number of aromatic nitrogens is 2. The average molecular weight is 274 g/mol. The molecule has 1 unspecified atom stereocenters. The molecule has 86 valence electrons. The van der Waals surface area contributed by atoms with Gasteiger partial charge in [-0.1, -0.05) is 6.92 Å². The van der Waals surface area contributed by atoms with Crippen molar-refractivity contribution < 1.29 is 0 Å². The van der Waals surface area contributed by atoms with Gasteiger partial charge in [-0.05, 0) is 49.2 Å². The zero-order valence-electron chi connectivity index (χ0n) is 9.76. The lowest BCUT2D eigenvalue weighted by Crippen LogP contribution is -2.22. The molecule has 0 spiro atoms. The monoisotopic (exact) mass is 273 g/mol. The van der Waals surface area contributed by atoms with E-state index >= 15 is 0 Å². The average Bonchev–Trinajstić information content (AvgIpc) is 2.57. The zero-order chi connectivity index (χ0) is 11.3. The first-order valence-electron chi connectivity index (χ1n) is 5.56. The van der Waals surface area contributed by atoms with Crippen LogP contribution in [0.1, 0.15) is 32.4 Å². The van der Waals surface area contributed by atoms with E-state index in [-0.39, 0.29) is 0 Å². The van der Waals surface area contributed by atoms with Gasteiger partial charge < -0.3 is 5.32 Å². The molecule has 3 nitrogen and oxygen atoms in total. The van der Waals surface area contributed by atoms with E-state index < -0.39 is 0 Å². The van der Waals surface area contributed by atoms with Crippen molar-refractivity contribution in [3.63, 3.8) is 0 Å².